The summed E-state index contributed by atoms with van der Waals surface area (Å²) < 4.78 is 26.2. The van der Waals surface area contributed by atoms with Crippen LogP contribution >= 0.6 is 0 Å². The summed E-state index contributed by atoms with van der Waals surface area (Å²) in [5.41, 5.74) is 2.42. The van der Waals surface area contributed by atoms with Gasteiger partial charge in [-0.2, -0.15) is 0 Å². The van der Waals surface area contributed by atoms with Crippen LogP contribution in [-0.4, -0.2) is 35.4 Å². The number of hydrogen-bond acceptors (Lipinski definition) is 7. The van der Waals surface area contributed by atoms with Gasteiger partial charge in [0.05, 0.1) is 15.9 Å². The highest BCUT2D eigenvalue weighted by Crippen LogP contribution is 2.22. The standard InChI is InChI=1S/C18H17N7O3S/c1-19-29(27,28)13-4-2-3-11(7-13)22-16-9-17(21-10-20-16)23-12-5-6-14-15(8-12)25-18(26)24-14/h2-10,19H,1H3,(H2,24,25,26)(H2,20,21,22,23). The van der Waals surface area contributed by atoms with Crippen LogP contribution in [0.1, 0.15) is 0 Å². The van der Waals surface area contributed by atoms with E-state index < -0.39 is 10.0 Å². The molecule has 2 heterocycles. The van der Waals surface area contributed by atoms with Gasteiger partial charge in [-0.05, 0) is 43.4 Å². The molecule has 2 aromatic heterocycles. The highest BCUT2D eigenvalue weighted by Gasteiger charge is 2.11. The number of nitrogens with zero attached hydrogens (tertiary/aromatic N) is 2. The average molecular weight is 411 g/mol. The molecule has 0 amide bonds. The average Bonchev–Trinajstić information content (AvgIpc) is 3.08. The van der Waals surface area contributed by atoms with Crippen LogP contribution in [0.5, 0.6) is 0 Å². The second kappa shape index (κ2) is 7.37. The number of aromatic amines is 2. The summed E-state index contributed by atoms with van der Waals surface area (Å²) in [7, 11) is -2.18. The number of imidazole rings is 1. The monoisotopic (exact) mass is 411 g/mol. The van der Waals surface area contributed by atoms with Gasteiger partial charge in [0.25, 0.3) is 0 Å². The minimum atomic E-state index is -3.54. The fraction of sp³-hybridized carbons (Fsp3) is 0.0556. The first-order valence-corrected chi connectivity index (χ1v) is 10.0. The maximum atomic E-state index is 12.0. The van der Waals surface area contributed by atoms with Crippen molar-refractivity contribution >= 4 is 44.1 Å². The number of H-pyrrole nitrogens is 2. The van der Waals surface area contributed by atoms with Crippen LogP contribution in [0.25, 0.3) is 11.0 Å². The second-order valence-electron chi connectivity index (χ2n) is 6.11. The van der Waals surface area contributed by atoms with Gasteiger partial charge in [0.1, 0.15) is 18.0 Å². The van der Waals surface area contributed by atoms with E-state index in [0.717, 1.165) is 5.69 Å². The van der Waals surface area contributed by atoms with Gasteiger partial charge in [-0.1, -0.05) is 6.07 Å². The van der Waals surface area contributed by atoms with Crippen LogP contribution in [0.4, 0.5) is 23.0 Å². The van der Waals surface area contributed by atoms with Gasteiger partial charge in [-0.3, -0.25) is 0 Å². The Labute approximate surface area is 165 Å². The molecule has 4 rings (SSSR count). The highest BCUT2D eigenvalue weighted by atomic mass is 32.2. The molecule has 0 fully saturated rings. The number of nitrogens with one attached hydrogen (secondary N) is 5. The van der Waals surface area contributed by atoms with E-state index in [-0.39, 0.29) is 10.6 Å². The third-order valence-corrected chi connectivity index (χ3v) is 5.55. The number of anilines is 4. The first-order valence-electron chi connectivity index (χ1n) is 8.55. The number of rotatable bonds is 6. The number of fused-ring (bicyclic) bond motifs is 1. The Morgan fingerprint density at radius 1 is 0.862 bits per heavy atom. The van der Waals surface area contributed by atoms with Crippen LogP contribution in [-0.2, 0) is 10.0 Å². The summed E-state index contributed by atoms with van der Waals surface area (Å²) in [4.78, 5) is 25.3. The molecule has 0 aliphatic heterocycles. The van der Waals surface area contributed by atoms with Crippen molar-refractivity contribution in [1.82, 2.24) is 24.7 Å². The van der Waals surface area contributed by atoms with Crippen LogP contribution in [0.15, 0.2) is 64.5 Å². The predicted molar refractivity (Wildman–Crippen MR) is 110 cm³/mol. The van der Waals surface area contributed by atoms with E-state index >= 15 is 0 Å². The van der Waals surface area contributed by atoms with Crippen LogP contribution in [0.2, 0.25) is 0 Å². The molecule has 0 bridgehead atoms. The lowest BCUT2D eigenvalue weighted by Crippen LogP contribution is -2.18. The van der Waals surface area contributed by atoms with Crippen molar-refractivity contribution in [2.24, 2.45) is 0 Å². The van der Waals surface area contributed by atoms with Gasteiger partial charge < -0.3 is 20.6 Å². The van der Waals surface area contributed by atoms with Crippen LogP contribution in [0, 0.1) is 0 Å². The highest BCUT2D eigenvalue weighted by molar-refractivity contribution is 7.89. The molecule has 0 saturated carbocycles. The third-order valence-electron chi connectivity index (χ3n) is 4.14. The molecule has 0 aliphatic carbocycles. The van der Waals surface area contributed by atoms with Crippen molar-refractivity contribution in [2.75, 3.05) is 17.7 Å². The Hall–Kier alpha value is -3.70. The zero-order chi connectivity index (χ0) is 20.4. The van der Waals surface area contributed by atoms with Gasteiger partial charge in [-0.25, -0.2) is 27.9 Å². The zero-order valence-electron chi connectivity index (χ0n) is 15.2. The van der Waals surface area contributed by atoms with Gasteiger partial charge >= 0.3 is 5.69 Å². The summed E-state index contributed by atoms with van der Waals surface area (Å²) in [5.74, 6) is 1.01. The Bertz CT molecular complexity index is 1340. The van der Waals surface area contributed by atoms with Crippen molar-refractivity contribution in [2.45, 2.75) is 4.90 Å². The fourth-order valence-electron chi connectivity index (χ4n) is 2.76. The molecule has 5 N–H and O–H groups in total. The number of aromatic nitrogens is 4. The number of hydrogen-bond donors (Lipinski definition) is 5. The van der Waals surface area contributed by atoms with E-state index in [9.17, 15) is 13.2 Å². The number of benzene rings is 2. The molecular weight excluding hydrogens is 394 g/mol. The lowest BCUT2D eigenvalue weighted by molar-refractivity contribution is 0.588. The summed E-state index contributed by atoms with van der Waals surface area (Å²) in [6, 6.07) is 13.5. The Morgan fingerprint density at radius 3 is 2.28 bits per heavy atom. The quantitative estimate of drug-likeness (QED) is 0.326. The van der Waals surface area contributed by atoms with E-state index in [4.69, 9.17) is 0 Å². The van der Waals surface area contributed by atoms with Gasteiger partial charge in [0, 0.05) is 17.4 Å². The molecule has 0 radical (unpaired) electrons. The molecule has 0 saturated heterocycles. The summed E-state index contributed by atoms with van der Waals surface area (Å²) >= 11 is 0. The molecule has 0 atom stereocenters. The summed E-state index contributed by atoms with van der Waals surface area (Å²) in [6.07, 6.45) is 1.38. The summed E-state index contributed by atoms with van der Waals surface area (Å²) in [6.45, 7) is 0. The van der Waals surface area contributed by atoms with Crippen molar-refractivity contribution in [3.63, 3.8) is 0 Å². The molecule has 0 aliphatic rings. The molecule has 10 nitrogen and oxygen atoms in total. The van der Waals surface area contributed by atoms with Crippen molar-refractivity contribution < 1.29 is 8.42 Å². The molecule has 2 aromatic carbocycles. The van der Waals surface area contributed by atoms with E-state index in [1.165, 1.54) is 25.5 Å². The van der Waals surface area contributed by atoms with E-state index in [2.05, 4.69) is 35.3 Å². The minimum Gasteiger partial charge on any atom is -0.340 e. The number of sulfonamides is 1. The van der Waals surface area contributed by atoms with Gasteiger partial charge in [0.2, 0.25) is 10.0 Å². The molecule has 4 aromatic rings. The first kappa shape index (κ1) is 18.7. The molecule has 11 heteroatoms. The molecule has 0 spiro atoms. The molecular formula is C18H17N7O3S. The lowest BCUT2D eigenvalue weighted by Gasteiger charge is -2.10. The molecule has 29 heavy (non-hydrogen) atoms. The summed E-state index contributed by atoms with van der Waals surface area (Å²) in [5, 5.41) is 6.21. The van der Waals surface area contributed by atoms with Gasteiger partial charge in [0.15, 0.2) is 0 Å². The topological polar surface area (TPSA) is 145 Å². The minimum absolute atomic E-state index is 0.145. The van der Waals surface area contributed by atoms with Crippen LogP contribution in [0.3, 0.4) is 0 Å². The largest absolute Gasteiger partial charge is 0.340 e. The van der Waals surface area contributed by atoms with Gasteiger partial charge in [-0.15, -0.1) is 0 Å². The SMILES string of the molecule is CNS(=O)(=O)c1cccc(Nc2cc(Nc3ccc4[nH]c(=O)[nH]c4c3)ncn2)c1. The lowest BCUT2D eigenvalue weighted by atomic mass is 10.2. The Kier molecular flexibility index (Phi) is 4.74. The molecule has 0 unspecified atom stereocenters. The van der Waals surface area contributed by atoms with E-state index in [1.807, 2.05) is 6.07 Å². The van der Waals surface area contributed by atoms with Crippen LogP contribution < -0.4 is 21.0 Å². The smallest absolute Gasteiger partial charge is 0.323 e. The Balaban J connectivity index is 1.55. The van der Waals surface area contributed by atoms with Crippen molar-refractivity contribution in [1.29, 1.82) is 0 Å². The fourth-order valence-corrected chi connectivity index (χ4v) is 3.53. The van der Waals surface area contributed by atoms with E-state index in [1.54, 1.807) is 30.3 Å². The molecule has 148 valence electrons. The Morgan fingerprint density at radius 2 is 1.55 bits per heavy atom. The normalized spacial score (nSPS) is 11.5. The second-order valence-corrected chi connectivity index (χ2v) is 8.00. The predicted octanol–water partition coefficient (Wildman–Crippen LogP) is 2.04. The maximum absolute atomic E-state index is 12.0. The van der Waals surface area contributed by atoms with E-state index in [0.29, 0.717) is 28.4 Å². The first-order chi connectivity index (χ1) is 13.9. The zero-order valence-corrected chi connectivity index (χ0v) is 16.0. The maximum Gasteiger partial charge on any atom is 0.323 e. The van der Waals surface area contributed by atoms with Crippen molar-refractivity contribution in [3.05, 3.63) is 65.3 Å². The third kappa shape index (κ3) is 4.10. The van der Waals surface area contributed by atoms with Crippen molar-refractivity contribution in [3.8, 4) is 0 Å².